The highest BCUT2D eigenvalue weighted by Gasteiger charge is 2.30. The summed E-state index contributed by atoms with van der Waals surface area (Å²) in [7, 11) is 0. The highest BCUT2D eigenvalue weighted by Crippen LogP contribution is 2.34. The second kappa shape index (κ2) is 7.32. The minimum atomic E-state index is -0.147. The third-order valence-corrected chi connectivity index (χ3v) is 6.17. The van der Waals surface area contributed by atoms with E-state index >= 15 is 0 Å². The summed E-state index contributed by atoms with van der Waals surface area (Å²) in [6.45, 7) is 1.17. The number of aromatic amines is 1. The average Bonchev–Trinajstić information content (AvgIpc) is 3.43. The summed E-state index contributed by atoms with van der Waals surface area (Å²) in [4.78, 5) is 34.7. The minimum absolute atomic E-state index is 0.0579. The van der Waals surface area contributed by atoms with Gasteiger partial charge in [0.15, 0.2) is 5.78 Å². The first-order valence-electron chi connectivity index (χ1n) is 10.2. The molecular formula is C24H23N3O2. The number of carbonyl (C=O) groups excluding carboxylic acids is 2. The van der Waals surface area contributed by atoms with Crippen molar-refractivity contribution in [2.24, 2.45) is 5.92 Å². The van der Waals surface area contributed by atoms with Gasteiger partial charge in [0, 0.05) is 30.6 Å². The van der Waals surface area contributed by atoms with Crippen LogP contribution in [0.1, 0.15) is 40.0 Å². The fourth-order valence-electron chi connectivity index (χ4n) is 4.70. The third-order valence-electron chi connectivity index (χ3n) is 6.17. The molecule has 1 aliphatic carbocycles. The molecule has 1 fully saturated rings. The molecule has 2 aromatic carbocycles. The molecule has 3 aromatic rings. The zero-order valence-electron chi connectivity index (χ0n) is 16.2. The molecule has 0 spiro atoms. The topological polar surface area (TPSA) is 66.1 Å². The van der Waals surface area contributed by atoms with E-state index in [1.807, 2.05) is 6.07 Å². The largest absolute Gasteiger partial charge is 0.345 e. The van der Waals surface area contributed by atoms with Crippen LogP contribution in [0, 0.1) is 5.92 Å². The van der Waals surface area contributed by atoms with Crippen LogP contribution in [-0.4, -0.2) is 39.6 Å². The monoisotopic (exact) mass is 385 g/mol. The molecule has 1 amide bonds. The standard InChI is InChI=1S/C24H23N3O2/c28-22(11-9-19-13-25-15-26-19)27-12-2-4-18(14-27)24(29)21-10-8-17-7-6-16-3-1-5-20(21)23(16)17/h1,3,5,8-11,13,15,18H,2,4,6-7,12,14H2,(H,25,26). The van der Waals surface area contributed by atoms with Gasteiger partial charge in [0.25, 0.3) is 0 Å². The van der Waals surface area contributed by atoms with Crippen LogP contribution in [-0.2, 0) is 17.6 Å². The Morgan fingerprint density at radius 1 is 1.14 bits per heavy atom. The van der Waals surface area contributed by atoms with Crippen LogP contribution < -0.4 is 0 Å². The molecular weight excluding hydrogens is 362 g/mol. The SMILES string of the molecule is O=C(c1ccc2c3c(cccc13)CC2)C1CCCN(C(=O)C=Cc2cnc[nH]2)C1. The van der Waals surface area contributed by atoms with Gasteiger partial charge in [-0.3, -0.25) is 9.59 Å². The van der Waals surface area contributed by atoms with Gasteiger partial charge >= 0.3 is 0 Å². The summed E-state index contributed by atoms with van der Waals surface area (Å²) < 4.78 is 0. The van der Waals surface area contributed by atoms with Gasteiger partial charge in [0.2, 0.25) is 5.91 Å². The summed E-state index contributed by atoms with van der Waals surface area (Å²) in [5.41, 5.74) is 4.28. The van der Waals surface area contributed by atoms with Gasteiger partial charge in [-0.2, -0.15) is 0 Å². The number of hydrogen-bond acceptors (Lipinski definition) is 3. The number of benzene rings is 2. The molecule has 1 N–H and O–H groups in total. The van der Waals surface area contributed by atoms with Crippen molar-refractivity contribution in [2.75, 3.05) is 13.1 Å². The summed E-state index contributed by atoms with van der Waals surface area (Å²) in [6.07, 6.45) is 10.3. The fourth-order valence-corrected chi connectivity index (χ4v) is 4.70. The number of likely N-dealkylation sites (tertiary alicyclic amines) is 1. The lowest BCUT2D eigenvalue weighted by Gasteiger charge is -2.31. The second-order valence-corrected chi connectivity index (χ2v) is 7.94. The highest BCUT2D eigenvalue weighted by molar-refractivity contribution is 6.11. The molecule has 5 nitrogen and oxygen atoms in total. The molecule has 1 aliphatic heterocycles. The Bertz CT molecular complexity index is 1100. The number of H-pyrrole nitrogens is 1. The average molecular weight is 385 g/mol. The normalized spacial score (nSPS) is 18.6. The van der Waals surface area contributed by atoms with Crippen LogP contribution >= 0.6 is 0 Å². The van der Waals surface area contributed by atoms with Crippen molar-refractivity contribution in [1.29, 1.82) is 0 Å². The fraction of sp³-hybridized carbons (Fsp3) is 0.292. The van der Waals surface area contributed by atoms with E-state index in [9.17, 15) is 9.59 Å². The van der Waals surface area contributed by atoms with Crippen molar-refractivity contribution in [2.45, 2.75) is 25.7 Å². The van der Waals surface area contributed by atoms with Gasteiger partial charge in [0.1, 0.15) is 0 Å². The van der Waals surface area contributed by atoms with Crippen LogP contribution in [0.3, 0.4) is 0 Å². The minimum Gasteiger partial charge on any atom is -0.345 e. The molecule has 1 unspecified atom stereocenters. The molecule has 0 saturated carbocycles. The van der Waals surface area contributed by atoms with Gasteiger partial charge in [-0.25, -0.2) is 4.98 Å². The lowest BCUT2D eigenvalue weighted by Crippen LogP contribution is -2.41. The molecule has 5 rings (SSSR count). The van der Waals surface area contributed by atoms with E-state index in [-0.39, 0.29) is 17.6 Å². The number of amides is 1. The number of imidazole rings is 1. The van der Waals surface area contributed by atoms with Crippen molar-refractivity contribution in [3.63, 3.8) is 0 Å². The number of nitrogens with one attached hydrogen (secondary N) is 1. The molecule has 2 aliphatic rings. The number of aromatic nitrogens is 2. The Hall–Kier alpha value is -3.21. The van der Waals surface area contributed by atoms with Crippen LogP contribution in [0.15, 0.2) is 48.9 Å². The number of nitrogens with zero attached hydrogens (tertiary/aromatic N) is 2. The highest BCUT2D eigenvalue weighted by atomic mass is 16.2. The van der Waals surface area contributed by atoms with E-state index in [1.165, 1.54) is 16.5 Å². The molecule has 1 saturated heterocycles. The van der Waals surface area contributed by atoms with E-state index < -0.39 is 0 Å². The van der Waals surface area contributed by atoms with Crippen molar-refractivity contribution in [1.82, 2.24) is 14.9 Å². The van der Waals surface area contributed by atoms with Gasteiger partial charge in [-0.1, -0.05) is 30.3 Å². The number of carbonyl (C=O) groups is 2. The maximum atomic E-state index is 13.4. The first-order chi connectivity index (χ1) is 14.2. The number of hydrogen-bond donors (Lipinski definition) is 1. The molecule has 5 heteroatoms. The predicted molar refractivity (Wildman–Crippen MR) is 113 cm³/mol. The van der Waals surface area contributed by atoms with Gasteiger partial charge < -0.3 is 9.88 Å². The summed E-state index contributed by atoms with van der Waals surface area (Å²) in [5.74, 6) is -0.0418. The van der Waals surface area contributed by atoms with Crippen molar-refractivity contribution in [3.8, 4) is 0 Å². The molecule has 29 heavy (non-hydrogen) atoms. The van der Waals surface area contributed by atoms with Crippen LogP contribution in [0.25, 0.3) is 16.8 Å². The quantitative estimate of drug-likeness (QED) is 0.549. The maximum absolute atomic E-state index is 13.4. The first-order valence-corrected chi connectivity index (χ1v) is 10.2. The van der Waals surface area contributed by atoms with E-state index in [0.29, 0.717) is 13.1 Å². The van der Waals surface area contributed by atoms with Gasteiger partial charge in [-0.15, -0.1) is 0 Å². The van der Waals surface area contributed by atoms with E-state index in [2.05, 4.69) is 34.2 Å². The second-order valence-electron chi connectivity index (χ2n) is 7.94. The molecule has 0 radical (unpaired) electrons. The Labute approximate surface area is 169 Å². The van der Waals surface area contributed by atoms with Crippen LogP contribution in [0.4, 0.5) is 0 Å². The van der Waals surface area contributed by atoms with Gasteiger partial charge in [0.05, 0.1) is 18.2 Å². The number of aryl methyl sites for hydroxylation is 2. The third kappa shape index (κ3) is 3.27. The summed E-state index contributed by atoms with van der Waals surface area (Å²) in [5, 5.41) is 2.34. The summed E-state index contributed by atoms with van der Waals surface area (Å²) >= 11 is 0. The zero-order chi connectivity index (χ0) is 19.8. The Morgan fingerprint density at radius 3 is 2.83 bits per heavy atom. The van der Waals surface area contributed by atoms with E-state index in [1.54, 1.807) is 29.6 Å². The predicted octanol–water partition coefficient (Wildman–Crippen LogP) is 3.80. The Balaban J connectivity index is 1.37. The van der Waals surface area contributed by atoms with Crippen LogP contribution in [0.5, 0.6) is 0 Å². The van der Waals surface area contributed by atoms with Crippen LogP contribution in [0.2, 0.25) is 0 Å². The van der Waals surface area contributed by atoms with E-state index in [0.717, 1.165) is 42.3 Å². The van der Waals surface area contributed by atoms with E-state index in [4.69, 9.17) is 0 Å². The lowest BCUT2D eigenvalue weighted by atomic mass is 9.87. The smallest absolute Gasteiger partial charge is 0.246 e. The zero-order valence-corrected chi connectivity index (χ0v) is 16.2. The molecule has 1 aromatic heterocycles. The summed E-state index contributed by atoms with van der Waals surface area (Å²) in [6, 6.07) is 10.4. The molecule has 2 heterocycles. The number of ketones is 1. The van der Waals surface area contributed by atoms with Crippen molar-refractivity contribution in [3.05, 3.63) is 71.3 Å². The number of rotatable bonds is 4. The maximum Gasteiger partial charge on any atom is 0.246 e. The Morgan fingerprint density at radius 2 is 2.00 bits per heavy atom. The Kier molecular flexibility index (Phi) is 4.51. The molecule has 146 valence electrons. The number of Topliss-reactive ketones (excluding diaryl/α,β-unsaturated/α-hetero) is 1. The number of piperidine rings is 1. The molecule has 0 bridgehead atoms. The lowest BCUT2D eigenvalue weighted by molar-refractivity contribution is -0.127. The molecule has 1 atom stereocenters. The van der Waals surface area contributed by atoms with Crippen molar-refractivity contribution >= 4 is 28.5 Å². The van der Waals surface area contributed by atoms with Gasteiger partial charge in [-0.05, 0) is 53.7 Å². The van der Waals surface area contributed by atoms with Crippen molar-refractivity contribution < 1.29 is 9.59 Å². The first kappa shape index (κ1) is 17.9.